The summed E-state index contributed by atoms with van der Waals surface area (Å²) in [5.74, 6) is 0.0491. The molecule has 0 atom stereocenters. The van der Waals surface area contributed by atoms with E-state index < -0.39 is 0 Å². The highest BCUT2D eigenvalue weighted by Gasteiger charge is 2.19. The molecule has 0 aliphatic carbocycles. The maximum absolute atomic E-state index is 11.2. The lowest BCUT2D eigenvalue weighted by molar-refractivity contribution is 0.547. The van der Waals surface area contributed by atoms with Crippen molar-refractivity contribution in [3.63, 3.8) is 0 Å². The summed E-state index contributed by atoms with van der Waals surface area (Å²) in [6.45, 7) is 5.67. The number of nitrogen functional groups attached to an aromatic ring is 1. The third kappa shape index (κ3) is 1.61. The summed E-state index contributed by atoms with van der Waals surface area (Å²) in [4.78, 5) is 13.6. The van der Waals surface area contributed by atoms with Crippen LogP contribution < -0.4 is 11.3 Å². The fourth-order valence-corrected chi connectivity index (χ4v) is 0.840. The van der Waals surface area contributed by atoms with Crippen molar-refractivity contribution in [3.05, 3.63) is 16.0 Å². The van der Waals surface area contributed by atoms with Gasteiger partial charge in [0.05, 0.1) is 0 Å². The fraction of sp³-hybridized carbons (Fsp3) is 0.571. The Balaban J connectivity index is 3.29. The molecule has 0 unspecified atom stereocenters. The second-order valence-electron chi connectivity index (χ2n) is 3.64. The van der Waals surface area contributed by atoms with Gasteiger partial charge in [0.25, 0.3) is 5.56 Å². The van der Waals surface area contributed by atoms with Crippen LogP contribution in [-0.2, 0) is 5.41 Å². The summed E-state index contributed by atoms with van der Waals surface area (Å²) >= 11 is 0. The largest absolute Gasteiger partial charge is 0.368 e. The van der Waals surface area contributed by atoms with Gasteiger partial charge in [0.2, 0.25) is 5.95 Å². The molecular formula is C7H12N4O. The van der Waals surface area contributed by atoms with E-state index in [0.29, 0.717) is 5.69 Å². The van der Waals surface area contributed by atoms with Gasteiger partial charge in [-0.05, 0) is 0 Å². The van der Waals surface area contributed by atoms with E-state index in [4.69, 9.17) is 5.73 Å². The molecule has 0 radical (unpaired) electrons. The van der Waals surface area contributed by atoms with Crippen LogP contribution in [0.25, 0.3) is 0 Å². The van der Waals surface area contributed by atoms with E-state index >= 15 is 0 Å². The number of H-pyrrole nitrogens is 1. The Morgan fingerprint density at radius 1 is 1.33 bits per heavy atom. The molecular weight excluding hydrogens is 156 g/mol. The summed E-state index contributed by atoms with van der Waals surface area (Å²) in [6.07, 6.45) is 0. The van der Waals surface area contributed by atoms with E-state index in [-0.39, 0.29) is 16.9 Å². The molecule has 12 heavy (non-hydrogen) atoms. The number of hydrogen-bond acceptors (Lipinski definition) is 4. The summed E-state index contributed by atoms with van der Waals surface area (Å²) in [6, 6.07) is 0. The highest BCUT2D eigenvalue weighted by atomic mass is 16.1. The van der Waals surface area contributed by atoms with E-state index in [1.54, 1.807) is 0 Å². The van der Waals surface area contributed by atoms with Gasteiger partial charge in [-0.15, -0.1) is 10.2 Å². The lowest BCUT2D eigenvalue weighted by Crippen LogP contribution is -2.28. The van der Waals surface area contributed by atoms with Gasteiger partial charge in [0.1, 0.15) is 5.69 Å². The van der Waals surface area contributed by atoms with Crippen LogP contribution in [0.1, 0.15) is 26.5 Å². The molecule has 5 nitrogen and oxygen atoms in total. The van der Waals surface area contributed by atoms with Crippen LogP contribution in [0.15, 0.2) is 4.79 Å². The van der Waals surface area contributed by atoms with Gasteiger partial charge in [-0.1, -0.05) is 20.8 Å². The van der Waals surface area contributed by atoms with Crippen molar-refractivity contribution in [2.24, 2.45) is 0 Å². The number of aromatic nitrogens is 3. The number of hydrogen-bond donors (Lipinski definition) is 2. The molecule has 1 heterocycles. The monoisotopic (exact) mass is 168 g/mol. The lowest BCUT2D eigenvalue weighted by Gasteiger charge is -2.14. The highest BCUT2D eigenvalue weighted by molar-refractivity contribution is 5.15. The average Bonchev–Trinajstić information content (AvgIpc) is 1.83. The lowest BCUT2D eigenvalue weighted by atomic mass is 9.93. The molecule has 0 bridgehead atoms. The Morgan fingerprint density at radius 2 is 1.92 bits per heavy atom. The fourth-order valence-electron chi connectivity index (χ4n) is 0.840. The summed E-state index contributed by atoms with van der Waals surface area (Å²) in [7, 11) is 0. The van der Waals surface area contributed by atoms with Crippen molar-refractivity contribution in [1.29, 1.82) is 0 Å². The Kier molecular flexibility index (Phi) is 1.87. The van der Waals surface area contributed by atoms with Crippen LogP contribution in [-0.4, -0.2) is 15.2 Å². The first-order chi connectivity index (χ1) is 5.41. The Bertz CT molecular complexity index is 336. The van der Waals surface area contributed by atoms with E-state index in [0.717, 1.165) is 0 Å². The van der Waals surface area contributed by atoms with E-state index in [9.17, 15) is 4.79 Å². The second-order valence-corrected chi connectivity index (χ2v) is 3.64. The SMILES string of the molecule is CC(C)(C)c1nnc(N)[nH]c1=O. The first kappa shape index (κ1) is 8.70. The van der Waals surface area contributed by atoms with Crippen LogP contribution in [0, 0.1) is 0 Å². The van der Waals surface area contributed by atoms with Gasteiger partial charge < -0.3 is 5.73 Å². The molecule has 3 N–H and O–H groups in total. The van der Waals surface area contributed by atoms with Crippen LogP contribution in [0.5, 0.6) is 0 Å². The summed E-state index contributed by atoms with van der Waals surface area (Å²) in [5.41, 5.74) is 5.08. The molecule has 0 aliphatic rings. The average molecular weight is 168 g/mol. The van der Waals surface area contributed by atoms with Crippen molar-refractivity contribution >= 4 is 5.95 Å². The van der Waals surface area contributed by atoms with Crippen LogP contribution >= 0.6 is 0 Å². The topological polar surface area (TPSA) is 84.7 Å². The quantitative estimate of drug-likeness (QED) is 0.573. The Hall–Kier alpha value is -1.39. The van der Waals surface area contributed by atoms with Crippen LogP contribution in [0.3, 0.4) is 0 Å². The van der Waals surface area contributed by atoms with Crippen molar-refractivity contribution in [2.45, 2.75) is 26.2 Å². The number of nitrogens with one attached hydrogen (secondary N) is 1. The van der Waals surface area contributed by atoms with Crippen LogP contribution in [0.2, 0.25) is 0 Å². The number of anilines is 1. The standard InChI is InChI=1S/C7H12N4O/c1-7(2,3)4-5(12)9-6(8)11-10-4/h1-3H3,(H3,8,9,11,12). The number of aromatic amines is 1. The number of nitrogens with zero attached hydrogens (tertiary/aromatic N) is 2. The van der Waals surface area contributed by atoms with Gasteiger partial charge in [0.15, 0.2) is 0 Å². The highest BCUT2D eigenvalue weighted by Crippen LogP contribution is 2.14. The van der Waals surface area contributed by atoms with Gasteiger partial charge >= 0.3 is 0 Å². The zero-order chi connectivity index (χ0) is 9.35. The molecule has 0 aromatic carbocycles. The molecule has 1 rings (SSSR count). The minimum atomic E-state index is -0.297. The predicted octanol–water partition coefficient (Wildman–Crippen LogP) is 0.0446. The zero-order valence-electron chi connectivity index (χ0n) is 7.38. The van der Waals surface area contributed by atoms with Gasteiger partial charge in [-0.25, -0.2) is 0 Å². The summed E-state index contributed by atoms with van der Waals surface area (Å²) in [5, 5.41) is 7.31. The van der Waals surface area contributed by atoms with Crippen molar-refractivity contribution in [2.75, 3.05) is 5.73 Å². The van der Waals surface area contributed by atoms with E-state index in [1.165, 1.54) is 0 Å². The molecule has 0 saturated heterocycles. The smallest absolute Gasteiger partial charge is 0.274 e. The van der Waals surface area contributed by atoms with Crippen molar-refractivity contribution < 1.29 is 0 Å². The normalized spacial score (nSPS) is 11.6. The van der Waals surface area contributed by atoms with Gasteiger partial charge in [-0.2, -0.15) is 0 Å². The second kappa shape index (κ2) is 2.58. The zero-order valence-corrected chi connectivity index (χ0v) is 7.38. The van der Waals surface area contributed by atoms with Crippen molar-refractivity contribution in [3.8, 4) is 0 Å². The molecule has 0 saturated carbocycles. The third-order valence-electron chi connectivity index (χ3n) is 1.42. The van der Waals surface area contributed by atoms with Gasteiger partial charge in [0, 0.05) is 5.41 Å². The van der Waals surface area contributed by atoms with Gasteiger partial charge in [-0.3, -0.25) is 9.78 Å². The minimum absolute atomic E-state index is 0.0491. The molecule has 1 aromatic rings. The van der Waals surface area contributed by atoms with E-state index in [1.807, 2.05) is 20.8 Å². The molecule has 0 amide bonds. The first-order valence-corrected chi connectivity index (χ1v) is 3.64. The van der Waals surface area contributed by atoms with E-state index in [2.05, 4.69) is 15.2 Å². The Labute approximate surface area is 70.0 Å². The number of nitrogens with two attached hydrogens (primary N) is 1. The molecule has 0 aliphatic heterocycles. The molecule has 1 aromatic heterocycles. The van der Waals surface area contributed by atoms with Crippen molar-refractivity contribution in [1.82, 2.24) is 15.2 Å². The predicted molar refractivity (Wildman–Crippen MR) is 45.8 cm³/mol. The minimum Gasteiger partial charge on any atom is -0.368 e. The molecule has 0 fully saturated rings. The Morgan fingerprint density at radius 3 is 2.33 bits per heavy atom. The third-order valence-corrected chi connectivity index (χ3v) is 1.42. The molecule has 5 heteroatoms. The summed E-state index contributed by atoms with van der Waals surface area (Å²) < 4.78 is 0. The molecule has 66 valence electrons. The van der Waals surface area contributed by atoms with Crippen LogP contribution in [0.4, 0.5) is 5.95 Å². The molecule has 0 spiro atoms. The number of rotatable bonds is 0. The maximum Gasteiger partial charge on any atom is 0.274 e. The maximum atomic E-state index is 11.2. The first-order valence-electron chi connectivity index (χ1n) is 3.64.